The molecule has 150 valence electrons. The molecule has 0 aliphatic carbocycles. The number of piperidine rings is 1. The minimum absolute atomic E-state index is 0.0375. The minimum Gasteiger partial charge on any atom is -0.492 e. The Kier molecular flexibility index (Phi) is 6.01. The summed E-state index contributed by atoms with van der Waals surface area (Å²) >= 11 is 0. The smallest absolute Gasteiger partial charge is 0.416 e. The van der Waals surface area contributed by atoms with Crippen molar-refractivity contribution in [2.75, 3.05) is 29.9 Å². The summed E-state index contributed by atoms with van der Waals surface area (Å²) in [6.45, 7) is 3.21. The molecular formula is C19H21F3N4O2. The van der Waals surface area contributed by atoms with Crippen LogP contribution in [0.2, 0.25) is 0 Å². The molecule has 9 heteroatoms. The van der Waals surface area contributed by atoms with Crippen LogP contribution < -0.4 is 15.0 Å². The summed E-state index contributed by atoms with van der Waals surface area (Å²) in [5.74, 6) is 0.217. The third-order valence-electron chi connectivity index (χ3n) is 4.57. The molecule has 6 nitrogen and oxygen atoms in total. The summed E-state index contributed by atoms with van der Waals surface area (Å²) < 4.78 is 44.4. The molecule has 28 heavy (non-hydrogen) atoms. The number of rotatable bonds is 5. The van der Waals surface area contributed by atoms with Crippen LogP contribution in [0.4, 0.5) is 24.8 Å². The average Bonchev–Trinajstić information content (AvgIpc) is 2.69. The predicted molar refractivity (Wildman–Crippen MR) is 98.2 cm³/mol. The molecule has 1 saturated heterocycles. The number of benzene rings is 1. The van der Waals surface area contributed by atoms with E-state index < -0.39 is 11.7 Å². The number of halogens is 3. The Morgan fingerprint density at radius 1 is 1.25 bits per heavy atom. The number of ether oxygens (including phenoxy) is 1. The summed E-state index contributed by atoms with van der Waals surface area (Å²) in [5.41, 5.74) is -0.794. The molecule has 3 rings (SSSR count). The van der Waals surface area contributed by atoms with Crippen LogP contribution in [-0.4, -0.2) is 35.6 Å². The van der Waals surface area contributed by atoms with Crippen molar-refractivity contribution in [2.24, 2.45) is 5.92 Å². The summed E-state index contributed by atoms with van der Waals surface area (Å²) in [7, 11) is 0. The van der Waals surface area contributed by atoms with Crippen LogP contribution in [0.1, 0.15) is 25.3 Å². The molecule has 1 amide bonds. The Morgan fingerprint density at radius 3 is 2.54 bits per heavy atom. The molecule has 1 aliphatic rings. The molecular weight excluding hydrogens is 373 g/mol. The van der Waals surface area contributed by atoms with Gasteiger partial charge in [-0.25, -0.2) is 9.97 Å². The molecule has 1 N–H and O–H groups in total. The van der Waals surface area contributed by atoms with Gasteiger partial charge in [-0.2, -0.15) is 13.2 Å². The van der Waals surface area contributed by atoms with Gasteiger partial charge in [0, 0.05) is 31.4 Å². The number of nitrogens with zero attached hydrogens (tertiary/aromatic N) is 3. The third kappa shape index (κ3) is 4.71. The van der Waals surface area contributed by atoms with Gasteiger partial charge in [0.1, 0.15) is 5.75 Å². The van der Waals surface area contributed by atoms with Crippen molar-refractivity contribution in [1.82, 2.24) is 9.97 Å². The van der Waals surface area contributed by atoms with Gasteiger partial charge < -0.3 is 15.0 Å². The van der Waals surface area contributed by atoms with Crippen LogP contribution in [0.5, 0.6) is 5.75 Å². The number of amides is 1. The van der Waals surface area contributed by atoms with E-state index in [9.17, 15) is 18.0 Å². The van der Waals surface area contributed by atoms with E-state index in [1.165, 1.54) is 6.07 Å². The van der Waals surface area contributed by atoms with Crippen LogP contribution >= 0.6 is 0 Å². The maximum Gasteiger partial charge on any atom is 0.416 e. The van der Waals surface area contributed by atoms with E-state index >= 15 is 0 Å². The third-order valence-corrected chi connectivity index (χ3v) is 4.57. The predicted octanol–water partition coefficient (Wildman–Crippen LogP) is 3.75. The van der Waals surface area contributed by atoms with E-state index in [-0.39, 0.29) is 29.9 Å². The van der Waals surface area contributed by atoms with Crippen molar-refractivity contribution >= 4 is 17.5 Å². The largest absolute Gasteiger partial charge is 0.492 e. The first-order valence-corrected chi connectivity index (χ1v) is 9.05. The number of aromatic nitrogens is 2. The Labute approximate surface area is 160 Å². The molecule has 0 spiro atoms. The van der Waals surface area contributed by atoms with Crippen LogP contribution in [0.3, 0.4) is 0 Å². The maximum absolute atomic E-state index is 13.0. The van der Waals surface area contributed by atoms with Gasteiger partial charge in [-0.3, -0.25) is 4.79 Å². The minimum atomic E-state index is -4.49. The molecule has 0 saturated carbocycles. The number of alkyl halides is 3. The van der Waals surface area contributed by atoms with Gasteiger partial charge in [0.05, 0.1) is 17.9 Å². The van der Waals surface area contributed by atoms with Gasteiger partial charge in [-0.05, 0) is 44.0 Å². The molecule has 1 aliphatic heterocycles. The Balaban J connectivity index is 1.67. The van der Waals surface area contributed by atoms with Crippen molar-refractivity contribution in [3.8, 4) is 5.75 Å². The summed E-state index contributed by atoms with van der Waals surface area (Å²) in [6, 6.07) is 4.82. The van der Waals surface area contributed by atoms with E-state index in [2.05, 4.69) is 15.3 Å². The van der Waals surface area contributed by atoms with E-state index in [4.69, 9.17) is 4.74 Å². The van der Waals surface area contributed by atoms with Crippen molar-refractivity contribution in [2.45, 2.75) is 25.9 Å². The normalized spacial score (nSPS) is 15.4. The number of anilines is 2. The lowest BCUT2D eigenvalue weighted by molar-refractivity contribution is -0.137. The Morgan fingerprint density at radius 2 is 1.93 bits per heavy atom. The highest BCUT2D eigenvalue weighted by Gasteiger charge is 2.32. The quantitative estimate of drug-likeness (QED) is 0.837. The lowest BCUT2D eigenvalue weighted by Crippen LogP contribution is -2.39. The monoisotopic (exact) mass is 394 g/mol. The standard InChI is InChI=1S/C19H21F3N4O2/c1-2-28-16-5-4-14(19(20,21)22)12-15(16)25-17(27)13-6-10-26(11-7-13)18-23-8-3-9-24-18/h3-5,8-9,12-13H,2,6-7,10-11H2,1H3,(H,25,27). The molecule has 0 atom stereocenters. The zero-order valence-electron chi connectivity index (χ0n) is 15.4. The molecule has 2 aromatic rings. The number of nitrogens with one attached hydrogen (secondary N) is 1. The summed E-state index contributed by atoms with van der Waals surface area (Å²) in [6.07, 6.45) is -0.0562. The lowest BCUT2D eigenvalue weighted by Gasteiger charge is -2.31. The van der Waals surface area contributed by atoms with Crippen molar-refractivity contribution in [1.29, 1.82) is 0 Å². The second-order valence-corrected chi connectivity index (χ2v) is 6.44. The second-order valence-electron chi connectivity index (χ2n) is 6.44. The SMILES string of the molecule is CCOc1ccc(C(F)(F)F)cc1NC(=O)C1CCN(c2ncccn2)CC1. The molecule has 0 radical (unpaired) electrons. The van der Waals surface area contributed by atoms with Crippen LogP contribution in [0.25, 0.3) is 0 Å². The van der Waals surface area contributed by atoms with Crippen molar-refractivity contribution in [3.63, 3.8) is 0 Å². The molecule has 0 bridgehead atoms. The van der Waals surface area contributed by atoms with Gasteiger partial charge in [0.2, 0.25) is 11.9 Å². The summed E-state index contributed by atoms with van der Waals surface area (Å²) in [5, 5.41) is 2.62. The maximum atomic E-state index is 13.0. The van der Waals surface area contributed by atoms with E-state index in [0.717, 1.165) is 12.1 Å². The van der Waals surface area contributed by atoms with E-state index in [1.807, 2.05) is 4.90 Å². The van der Waals surface area contributed by atoms with Crippen LogP contribution in [0, 0.1) is 5.92 Å². The second kappa shape index (κ2) is 8.45. The first-order valence-electron chi connectivity index (χ1n) is 9.05. The highest BCUT2D eigenvalue weighted by atomic mass is 19.4. The van der Waals surface area contributed by atoms with Gasteiger partial charge in [-0.1, -0.05) is 0 Å². The molecule has 1 fully saturated rings. The van der Waals surface area contributed by atoms with Gasteiger partial charge >= 0.3 is 6.18 Å². The first kappa shape index (κ1) is 19.9. The van der Waals surface area contributed by atoms with Crippen LogP contribution in [0.15, 0.2) is 36.7 Å². The van der Waals surface area contributed by atoms with Crippen molar-refractivity contribution in [3.05, 3.63) is 42.2 Å². The zero-order chi connectivity index (χ0) is 20.1. The molecule has 0 unspecified atom stereocenters. The topological polar surface area (TPSA) is 67.3 Å². The average molecular weight is 394 g/mol. The van der Waals surface area contributed by atoms with E-state index in [1.54, 1.807) is 25.4 Å². The highest BCUT2D eigenvalue weighted by Crippen LogP contribution is 2.35. The number of hydrogen-bond donors (Lipinski definition) is 1. The van der Waals surface area contributed by atoms with E-state index in [0.29, 0.717) is 31.9 Å². The van der Waals surface area contributed by atoms with Gasteiger partial charge in [0.15, 0.2) is 0 Å². The fraction of sp³-hybridized carbons (Fsp3) is 0.421. The highest BCUT2D eigenvalue weighted by molar-refractivity contribution is 5.94. The molecule has 2 heterocycles. The summed E-state index contributed by atoms with van der Waals surface area (Å²) in [4.78, 5) is 23.0. The molecule has 1 aromatic heterocycles. The number of carbonyl (C=O) groups is 1. The fourth-order valence-corrected chi connectivity index (χ4v) is 3.12. The van der Waals surface area contributed by atoms with Crippen LogP contribution in [-0.2, 0) is 11.0 Å². The Bertz CT molecular complexity index is 807. The van der Waals surface area contributed by atoms with Crippen molar-refractivity contribution < 1.29 is 22.7 Å². The fourth-order valence-electron chi connectivity index (χ4n) is 3.12. The first-order chi connectivity index (χ1) is 13.4. The number of carbonyl (C=O) groups excluding carboxylic acids is 1. The number of hydrogen-bond acceptors (Lipinski definition) is 5. The van der Waals surface area contributed by atoms with Gasteiger partial charge in [-0.15, -0.1) is 0 Å². The molecule has 1 aromatic carbocycles. The lowest BCUT2D eigenvalue weighted by atomic mass is 9.96. The zero-order valence-corrected chi connectivity index (χ0v) is 15.4. The van der Waals surface area contributed by atoms with Gasteiger partial charge in [0.25, 0.3) is 0 Å². The Hall–Kier alpha value is -2.84.